The number of ether oxygens (including phenoxy) is 1. The van der Waals surface area contributed by atoms with Gasteiger partial charge in [-0.15, -0.1) is 11.3 Å². The van der Waals surface area contributed by atoms with Crippen molar-refractivity contribution in [3.63, 3.8) is 0 Å². The van der Waals surface area contributed by atoms with E-state index in [1.54, 1.807) is 0 Å². The summed E-state index contributed by atoms with van der Waals surface area (Å²) in [6.07, 6.45) is 0. The fourth-order valence-corrected chi connectivity index (χ4v) is 4.35. The molecular weight excluding hydrogens is 372 g/mol. The second-order valence-corrected chi connectivity index (χ2v) is 7.42. The van der Waals surface area contributed by atoms with Gasteiger partial charge < -0.3 is 15.4 Å². The van der Waals surface area contributed by atoms with Crippen LogP contribution in [-0.4, -0.2) is 38.3 Å². The summed E-state index contributed by atoms with van der Waals surface area (Å²) < 4.78 is 7.10. The molecule has 1 unspecified atom stereocenters. The first-order valence-electron chi connectivity index (χ1n) is 5.21. The Morgan fingerprint density at radius 2 is 2.47 bits per heavy atom. The Hall–Kier alpha value is 0.0500. The SMILES string of the molecule is O=C(NCC1COCCN1)c1cc(Br)sc1Br. The van der Waals surface area contributed by atoms with E-state index in [1.807, 2.05) is 6.07 Å². The van der Waals surface area contributed by atoms with E-state index in [0.717, 1.165) is 20.7 Å². The number of carbonyl (C=O) groups excluding carboxylic acids is 1. The third-order valence-corrected chi connectivity index (χ3v) is 4.75. The molecule has 0 aliphatic carbocycles. The molecule has 0 bridgehead atoms. The molecule has 1 atom stereocenters. The summed E-state index contributed by atoms with van der Waals surface area (Å²) in [5, 5.41) is 6.18. The molecule has 0 saturated carbocycles. The van der Waals surface area contributed by atoms with Gasteiger partial charge in [0.1, 0.15) is 0 Å². The van der Waals surface area contributed by atoms with Gasteiger partial charge in [-0.05, 0) is 37.9 Å². The molecule has 17 heavy (non-hydrogen) atoms. The number of carbonyl (C=O) groups is 1. The molecule has 1 aromatic heterocycles. The predicted molar refractivity (Wildman–Crippen MR) is 74.7 cm³/mol. The van der Waals surface area contributed by atoms with Crippen molar-refractivity contribution < 1.29 is 9.53 Å². The Bertz CT molecular complexity index is 405. The summed E-state index contributed by atoms with van der Waals surface area (Å²) in [5.41, 5.74) is 0.665. The number of hydrogen-bond acceptors (Lipinski definition) is 4. The molecule has 4 nitrogen and oxygen atoms in total. The van der Waals surface area contributed by atoms with Crippen molar-refractivity contribution in [2.24, 2.45) is 0 Å². The average Bonchev–Trinajstić information content (AvgIpc) is 2.67. The van der Waals surface area contributed by atoms with Gasteiger partial charge in [0.25, 0.3) is 5.91 Å². The van der Waals surface area contributed by atoms with Crippen molar-refractivity contribution >= 4 is 49.1 Å². The molecule has 0 aromatic carbocycles. The maximum Gasteiger partial charge on any atom is 0.253 e. The highest BCUT2D eigenvalue weighted by Crippen LogP contribution is 2.31. The van der Waals surface area contributed by atoms with Crippen molar-refractivity contribution in [2.75, 3.05) is 26.3 Å². The minimum atomic E-state index is -0.0637. The summed E-state index contributed by atoms with van der Waals surface area (Å²) in [6, 6.07) is 2.02. The number of rotatable bonds is 3. The minimum absolute atomic E-state index is 0.0637. The molecular formula is C10H12Br2N2O2S. The first-order valence-corrected chi connectivity index (χ1v) is 7.61. The van der Waals surface area contributed by atoms with Crippen molar-refractivity contribution in [3.8, 4) is 0 Å². The summed E-state index contributed by atoms with van der Waals surface area (Å²) in [4.78, 5) is 11.9. The van der Waals surface area contributed by atoms with E-state index in [-0.39, 0.29) is 11.9 Å². The van der Waals surface area contributed by atoms with Crippen LogP contribution in [0, 0.1) is 0 Å². The van der Waals surface area contributed by atoms with E-state index in [9.17, 15) is 4.79 Å². The lowest BCUT2D eigenvalue weighted by molar-refractivity contribution is 0.0734. The van der Waals surface area contributed by atoms with Crippen molar-refractivity contribution in [1.29, 1.82) is 0 Å². The molecule has 0 radical (unpaired) electrons. The number of hydrogen-bond donors (Lipinski definition) is 2. The lowest BCUT2D eigenvalue weighted by Gasteiger charge is -2.23. The lowest BCUT2D eigenvalue weighted by Crippen LogP contribution is -2.48. The van der Waals surface area contributed by atoms with Crippen molar-refractivity contribution in [1.82, 2.24) is 10.6 Å². The van der Waals surface area contributed by atoms with Crippen LogP contribution in [0.1, 0.15) is 10.4 Å². The number of morpholine rings is 1. The molecule has 0 spiro atoms. The third kappa shape index (κ3) is 3.75. The van der Waals surface area contributed by atoms with Gasteiger partial charge in [-0.1, -0.05) is 0 Å². The van der Waals surface area contributed by atoms with Gasteiger partial charge in [-0.2, -0.15) is 0 Å². The zero-order chi connectivity index (χ0) is 12.3. The topological polar surface area (TPSA) is 50.4 Å². The van der Waals surface area contributed by atoms with E-state index in [1.165, 1.54) is 11.3 Å². The first-order chi connectivity index (χ1) is 8.16. The highest BCUT2D eigenvalue weighted by atomic mass is 79.9. The standard InChI is InChI=1S/C10H12Br2N2O2S/c11-8-3-7(9(12)17-8)10(15)14-4-6-5-16-2-1-13-6/h3,6,13H,1-2,4-5H2,(H,14,15). The number of amides is 1. The second-order valence-electron chi connectivity index (χ2n) is 3.67. The average molecular weight is 384 g/mol. The minimum Gasteiger partial charge on any atom is -0.378 e. The Morgan fingerprint density at radius 3 is 3.06 bits per heavy atom. The molecule has 1 aliphatic rings. The highest BCUT2D eigenvalue weighted by molar-refractivity contribution is 9.12. The van der Waals surface area contributed by atoms with Gasteiger partial charge in [0.15, 0.2) is 0 Å². The van der Waals surface area contributed by atoms with Crippen LogP contribution in [0.2, 0.25) is 0 Å². The summed E-state index contributed by atoms with van der Waals surface area (Å²) in [5.74, 6) is -0.0637. The van der Waals surface area contributed by atoms with Crippen LogP contribution in [0.15, 0.2) is 13.6 Å². The zero-order valence-corrected chi connectivity index (χ0v) is 13.0. The van der Waals surface area contributed by atoms with E-state index in [4.69, 9.17) is 4.74 Å². The lowest BCUT2D eigenvalue weighted by atomic mass is 10.2. The van der Waals surface area contributed by atoms with E-state index in [0.29, 0.717) is 18.7 Å². The first kappa shape index (κ1) is 13.5. The van der Waals surface area contributed by atoms with Crippen LogP contribution >= 0.6 is 43.2 Å². The molecule has 1 aromatic rings. The normalized spacial score (nSPS) is 20.2. The van der Waals surface area contributed by atoms with Crippen molar-refractivity contribution in [2.45, 2.75) is 6.04 Å². The fourth-order valence-electron chi connectivity index (χ4n) is 1.56. The maximum atomic E-state index is 11.9. The molecule has 2 rings (SSSR count). The summed E-state index contributed by atoms with van der Waals surface area (Å²) in [6.45, 7) is 2.81. The maximum absolute atomic E-state index is 11.9. The van der Waals surface area contributed by atoms with Crippen LogP contribution in [-0.2, 0) is 4.74 Å². The Morgan fingerprint density at radius 1 is 1.65 bits per heavy atom. The summed E-state index contributed by atoms with van der Waals surface area (Å²) >= 11 is 8.22. The van der Waals surface area contributed by atoms with Crippen LogP contribution in [0.3, 0.4) is 0 Å². The zero-order valence-electron chi connectivity index (χ0n) is 8.96. The van der Waals surface area contributed by atoms with Crippen molar-refractivity contribution in [3.05, 3.63) is 19.2 Å². The van der Waals surface area contributed by atoms with Gasteiger partial charge in [0.05, 0.1) is 26.4 Å². The van der Waals surface area contributed by atoms with Gasteiger partial charge in [-0.25, -0.2) is 0 Å². The quantitative estimate of drug-likeness (QED) is 0.839. The van der Waals surface area contributed by atoms with Crippen LogP contribution in [0.5, 0.6) is 0 Å². The molecule has 2 heterocycles. The van der Waals surface area contributed by atoms with Crippen LogP contribution < -0.4 is 10.6 Å². The smallest absolute Gasteiger partial charge is 0.253 e. The van der Waals surface area contributed by atoms with Gasteiger partial charge in [0.2, 0.25) is 0 Å². The Labute approximate surface area is 120 Å². The predicted octanol–water partition coefficient (Wildman–Crippen LogP) is 1.99. The number of thiophene rings is 1. The van der Waals surface area contributed by atoms with E-state index in [2.05, 4.69) is 42.5 Å². The van der Waals surface area contributed by atoms with E-state index >= 15 is 0 Å². The second kappa shape index (κ2) is 6.29. The Kier molecular flexibility index (Phi) is 4.98. The van der Waals surface area contributed by atoms with E-state index < -0.39 is 0 Å². The van der Waals surface area contributed by atoms with Gasteiger partial charge in [0, 0.05) is 19.1 Å². The monoisotopic (exact) mass is 382 g/mol. The molecule has 94 valence electrons. The number of halogens is 2. The third-order valence-electron chi connectivity index (χ3n) is 2.41. The highest BCUT2D eigenvalue weighted by Gasteiger charge is 2.17. The number of nitrogens with one attached hydrogen (secondary N) is 2. The largest absolute Gasteiger partial charge is 0.378 e. The molecule has 1 saturated heterocycles. The van der Waals surface area contributed by atoms with Crippen LogP contribution in [0.4, 0.5) is 0 Å². The molecule has 1 fully saturated rings. The molecule has 1 aliphatic heterocycles. The Balaban J connectivity index is 1.86. The fraction of sp³-hybridized carbons (Fsp3) is 0.500. The molecule has 1 amide bonds. The molecule has 2 N–H and O–H groups in total. The van der Waals surface area contributed by atoms with Gasteiger partial charge >= 0.3 is 0 Å². The molecule has 7 heteroatoms. The summed E-state index contributed by atoms with van der Waals surface area (Å²) in [7, 11) is 0. The van der Waals surface area contributed by atoms with Gasteiger partial charge in [-0.3, -0.25) is 4.79 Å². The van der Waals surface area contributed by atoms with Crippen LogP contribution in [0.25, 0.3) is 0 Å².